The number of amides is 2. The van der Waals surface area contributed by atoms with E-state index in [0.29, 0.717) is 21.5 Å². The summed E-state index contributed by atoms with van der Waals surface area (Å²) in [5.74, 6) is -0.0286. The number of hydrogen-bond acceptors (Lipinski definition) is 9. The lowest BCUT2D eigenvalue weighted by atomic mass is 9.95. The van der Waals surface area contributed by atoms with E-state index in [2.05, 4.69) is 25.4 Å². The number of carbonyl (C=O) groups excluding carboxylic acids is 3. The normalized spacial score (nSPS) is 16.1. The molecule has 39 heavy (non-hydrogen) atoms. The molecule has 1 saturated carbocycles. The number of hydrogen-bond donors (Lipinski definition) is 2. The third-order valence-electron chi connectivity index (χ3n) is 7.12. The molecule has 0 aliphatic heterocycles. The van der Waals surface area contributed by atoms with Gasteiger partial charge >= 0.3 is 5.97 Å². The summed E-state index contributed by atoms with van der Waals surface area (Å²) in [4.78, 5) is 39.6. The first-order valence-corrected chi connectivity index (χ1v) is 15.2. The molecule has 208 valence electrons. The summed E-state index contributed by atoms with van der Waals surface area (Å²) in [7, 11) is 0. The van der Waals surface area contributed by atoms with Crippen LogP contribution in [-0.2, 0) is 28.9 Å². The predicted octanol–water partition coefficient (Wildman–Crippen LogP) is 5.15. The van der Waals surface area contributed by atoms with Crippen LogP contribution in [0.5, 0.6) is 0 Å². The first-order valence-electron chi connectivity index (χ1n) is 13.5. The highest BCUT2D eigenvalue weighted by molar-refractivity contribution is 8.00. The molecule has 0 spiro atoms. The summed E-state index contributed by atoms with van der Waals surface area (Å²) >= 11 is 2.80. The van der Waals surface area contributed by atoms with E-state index >= 15 is 0 Å². The Morgan fingerprint density at radius 2 is 2.03 bits per heavy atom. The molecule has 0 unspecified atom stereocenters. The summed E-state index contributed by atoms with van der Waals surface area (Å²) < 4.78 is 12.6. The number of rotatable bonds is 10. The number of thioether (sulfide) groups is 1. The van der Waals surface area contributed by atoms with Crippen molar-refractivity contribution in [2.45, 2.75) is 88.2 Å². The van der Waals surface area contributed by atoms with Crippen LogP contribution >= 0.6 is 23.1 Å². The van der Waals surface area contributed by atoms with E-state index in [1.54, 1.807) is 19.1 Å². The largest absolute Gasteiger partial charge is 0.462 e. The molecule has 3 heterocycles. The van der Waals surface area contributed by atoms with Crippen LogP contribution in [0.2, 0.25) is 0 Å². The zero-order valence-corrected chi connectivity index (χ0v) is 23.8. The van der Waals surface area contributed by atoms with Gasteiger partial charge in [0, 0.05) is 10.9 Å². The number of thiophene rings is 1. The van der Waals surface area contributed by atoms with Gasteiger partial charge in [0.05, 0.1) is 30.2 Å². The van der Waals surface area contributed by atoms with Gasteiger partial charge in [0.2, 0.25) is 5.91 Å². The Morgan fingerprint density at radius 3 is 2.77 bits per heavy atom. The Kier molecular flexibility index (Phi) is 8.71. The third-order valence-corrected chi connectivity index (χ3v) is 9.38. The molecule has 0 bridgehead atoms. The van der Waals surface area contributed by atoms with Gasteiger partial charge in [0.15, 0.2) is 16.7 Å². The molecule has 0 aromatic carbocycles. The third kappa shape index (κ3) is 6.06. The van der Waals surface area contributed by atoms with Crippen molar-refractivity contribution in [1.82, 2.24) is 20.1 Å². The summed E-state index contributed by atoms with van der Waals surface area (Å²) in [6, 6.07) is 3.48. The van der Waals surface area contributed by atoms with Crippen LogP contribution in [0.3, 0.4) is 0 Å². The summed E-state index contributed by atoms with van der Waals surface area (Å²) in [6.07, 6.45) is 9.61. The Balaban J connectivity index is 1.31. The second-order valence-electron chi connectivity index (χ2n) is 9.75. The highest BCUT2D eigenvalue weighted by Crippen LogP contribution is 2.40. The van der Waals surface area contributed by atoms with Crippen LogP contribution < -0.4 is 10.6 Å². The lowest BCUT2D eigenvalue weighted by Gasteiger charge is -2.26. The molecule has 2 aliphatic carbocycles. The van der Waals surface area contributed by atoms with Gasteiger partial charge in [0.25, 0.3) is 5.91 Å². The fourth-order valence-electron chi connectivity index (χ4n) is 5.21. The molecule has 3 aromatic rings. The van der Waals surface area contributed by atoms with Gasteiger partial charge in [-0.05, 0) is 63.6 Å². The van der Waals surface area contributed by atoms with Crippen molar-refractivity contribution in [2.24, 2.45) is 0 Å². The number of fused-ring (bicyclic) bond motifs is 1. The summed E-state index contributed by atoms with van der Waals surface area (Å²) in [6.45, 7) is 4.09. The average molecular weight is 572 g/mol. The van der Waals surface area contributed by atoms with Crippen LogP contribution in [0.15, 0.2) is 28.0 Å². The van der Waals surface area contributed by atoms with E-state index in [1.807, 2.05) is 6.92 Å². The molecule has 1 atom stereocenters. The molecular weight excluding hydrogens is 538 g/mol. The number of esters is 1. The van der Waals surface area contributed by atoms with Gasteiger partial charge in [-0.2, -0.15) is 0 Å². The number of anilines is 1. The molecular formula is C27H33N5O5S2. The maximum absolute atomic E-state index is 13.3. The second kappa shape index (κ2) is 12.4. The van der Waals surface area contributed by atoms with Crippen LogP contribution in [0, 0.1) is 0 Å². The van der Waals surface area contributed by atoms with Gasteiger partial charge in [-0.1, -0.05) is 31.0 Å². The summed E-state index contributed by atoms with van der Waals surface area (Å²) in [5, 5.41) is 15.4. The summed E-state index contributed by atoms with van der Waals surface area (Å²) in [5.41, 5.74) is 1.51. The van der Waals surface area contributed by atoms with Gasteiger partial charge in [-0.25, -0.2) is 4.79 Å². The van der Waals surface area contributed by atoms with Crippen molar-refractivity contribution in [2.75, 3.05) is 11.9 Å². The lowest BCUT2D eigenvalue weighted by Crippen LogP contribution is -2.27. The van der Waals surface area contributed by atoms with E-state index < -0.39 is 5.25 Å². The van der Waals surface area contributed by atoms with Gasteiger partial charge in [-0.3, -0.25) is 9.59 Å². The Morgan fingerprint density at radius 1 is 1.21 bits per heavy atom. The van der Waals surface area contributed by atoms with Crippen molar-refractivity contribution < 1.29 is 23.5 Å². The fraction of sp³-hybridized carbons (Fsp3) is 0.519. The van der Waals surface area contributed by atoms with Crippen LogP contribution in [0.25, 0.3) is 0 Å². The van der Waals surface area contributed by atoms with Crippen molar-refractivity contribution in [3.05, 3.63) is 46.0 Å². The van der Waals surface area contributed by atoms with E-state index in [4.69, 9.17) is 9.15 Å². The maximum Gasteiger partial charge on any atom is 0.341 e. The number of furan rings is 1. The molecule has 1 fully saturated rings. The van der Waals surface area contributed by atoms with E-state index in [9.17, 15) is 14.4 Å². The number of aromatic nitrogens is 3. The average Bonchev–Trinajstić information content (AvgIpc) is 3.73. The molecule has 12 heteroatoms. The first kappa shape index (κ1) is 27.4. The first-order chi connectivity index (χ1) is 19.0. The zero-order valence-electron chi connectivity index (χ0n) is 22.2. The minimum absolute atomic E-state index is 0.202. The predicted molar refractivity (Wildman–Crippen MR) is 148 cm³/mol. The smallest absolute Gasteiger partial charge is 0.341 e. The lowest BCUT2D eigenvalue weighted by molar-refractivity contribution is -0.115. The molecule has 0 saturated heterocycles. The van der Waals surface area contributed by atoms with E-state index in [0.717, 1.165) is 55.4 Å². The SMILES string of the molecule is CCOC(=O)c1c(NC(=O)[C@H](C)Sc2nnc(CNC(=O)c3ccco3)n2C2CCCCC2)sc2c1CCC2. The Bertz CT molecular complexity index is 1330. The van der Waals surface area contributed by atoms with Crippen LogP contribution in [0.1, 0.15) is 95.6 Å². The molecule has 2 N–H and O–H groups in total. The fourth-order valence-corrected chi connectivity index (χ4v) is 7.42. The van der Waals surface area contributed by atoms with E-state index in [1.165, 1.54) is 35.8 Å². The molecule has 3 aromatic heterocycles. The van der Waals surface area contributed by atoms with Crippen molar-refractivity contribution in [1.29, 1.82) is 0 Å². The van der Waals surface area contributed by atoms with Crippen LogP contribution in [-0.4, -0.2) is 44.4 Å². The van der Waals surface area contributed by atoms with E-state index in [-0.39, 0.29) is 42.7 Å². The maximum atomic E-state index is 13.3. The number of carbonyl (C=O) groups is 3. The quantitative estimate of drug-likeness (QED) is 0.253. The minimum Gasteiger partial charge on any atom is -0.462 e. The number of ether oxygens (including phenoxy) is 1. The zero-order chi connectivity index (χ0) is 27.4. The highest BCUT2D eigenvalue weighted by atomic mass is 32.2. The number of nitrogens with one attached hydrogen (secondary N) is 2. The topological polar surface area (TPSA) is 128 Å². The van der Waals surface area contributed by atoms with Crippen molar-refractivity contribution in [3.8, 4) is 0 Å². The molecule has 10 nitrogen and oxygen atoms in total. The van der Waals surface area contributed by atoms with Gasteiger partial charge in [-0.15, -0.1) is 21.5 Å². The van der Waals surface area contributed by atoms with Gasteiger partial charge in [0.1, 0.15) is 5.00 Å². The number of nitrogens with zero attached hydrogens (tertiary/aromatic N) is 3. The molecule has 0 radical (unpaired) electrons. The standard InChI is InChI=1S/C27H33N5O5S2/c1-3-36-26(35)22-18-11-7-13-20(18)39-25(22)29-23(33)16(2)38-27-31-30-21(32(27)17-9-5-4-6-10-17)15-28-24(34)19-12-8-14-37-19/h8,12,14,16-17H,3-7,9-11,13,15H2,1-2H3,(H,28,34)(H,29,33)/t16-/m0/s1. The molecule has 5 rings (SSSR count). The minimum atomic E-state index is -0.492. The Hall–Kier alpha value is -3.12. The highest BCUT2D eigenvalue weighted by Gasteiger charge is 2.30. The van der Waals surface area contributed by atoms with Crippen molar-refractivity contribution >= 4 is 45.9 Å². The van der Waals surface area contributed by atoms with Gasteiger partial charge < -0.3 is 24.4 Å². The van der Waals surface area contributed by atoms with Crippen molar-refractivity contribution in [3.63, 3.8) is 0 Å². The molecule has 2 amide bonds. The monoisotopic (exact) mass is 571 g/mol. The number of aryl methyl sites for hydroxylation is 1. The Labute approximate surface area is 235 Å². The second-order valence-corrected chi connectivity index (χ2v) is 12.2. The van der Waals surface area contributed by atoms with Crippen LogP contribution in [0.4, 0.5) is 5.00 Å². The molecule has 2 aliphatic rings.